The van der Waals surface area contributed by atoms with E-state index in [-0.39, 0.29) is 33.9 Å². The zero-order valence-corrected chi connectivity index (χ0v) is 21.2. The summed E-state index contributed by atoms with van der Waals surface area (Å²) in [4.78, 5) is 17.4. The van der Waals surface area contributed by atoms with E-state index in [1.165, 1.54) is 36.2 Å². The van der Waals surface area contributed by atoms with Crippen molar-refractivity contribution in [2.45, 2.75) is 44.6 Å². The first-order valence-electron chi connectivity index (χ1n) is 10.8. The van der Waals surface area contributed by atoms with Gasteiger partial charge in [-0.25, -0.2) is 24.3 Å². The van der Waals surface area contributed by atoms with E-state index in [4.69, 9.17) is 34.8 Å². The molecule has 1 aliphatic rings. The number of aliphatic hydroxyl groups excluding tert-OH is 1. The minimum Gasteiger partial charge on any atom is -0.382 e. The van der Waals surface area contributed by atoms with Gasteiger partial charge in [-0.2, -0.15) is 13.2 Å². The molecule has 37 heavy (non-hydrogen) atoms. The number of hydrogen-bond donors (Lipinski definition) is 2. The van der Waals surface area contributed by atoms with Crippen molar-refractivity contribution in [3.8, 4) is 11.4 Å². The van der Waals surface area contributed by atoms with Crippen LogP contribution in [0, 0.1) is 0 Å². The van der Waals surface area contributed by atoms with Crippen molar-refractivity contribution in [2.24, 2.45) is 4.99 Å². The van der Waals surface area contributed by atoms with E-state index >= 15 is 0 Å². The predicted octanol–water partition coefficient (Wildman–Crippen LogP) is 4.70. The first-order valence-corrected chi connectivity index (χ1v) is 11.9. The Morgan fingerprint density at radius 2 is 1.73 bits per heavy atom. The fourth-order valence-electron chi connectivity index (χ4n) is 3.68. The van der Waals surface area contributed by atoms with Gasteiger partial charge in [0.25, 0.3) is 0 Å². The largest absolute Gasteiger partial charge is 0.416 e. The van der Waals surface area contributed by atoms with Crippen molar-refractivity contribution >= 4 is 46.3 Å². The van der Waals surface area contributed by atoms with Crippen molar-refractivity contribution in [1.82, 2.24) is 19.8 Å². The van der Waals surface area contributed by atoms with Crippen LogP contribution >= 0.6 is 34.8 Å². The molecule has 0 saturated heterocycles. The Hall–Kier alpha value is -2.64. The lowest BCUT2D eigenvalue weighted by atomic mass is 10.2. The molecule has 8 nitrogen and oxygen atoms in total. The molecule has 0 amide bonds. The van der Waals surface area contributed by atoms with Crippen molar-refractivity contribution < 1.29 is 22.7 Å². The van der Waals surface area contributed by atoms with Gasteiger partial charge in [-0.3, -0.25) is 9.58 Å². The number of para-hydroxylation sites is 1. The van der Waals surface area contributed by atoms with Crippen LogP contribution in [0.5, 0.6) is 0 Å². The minimum atomic E-state index is -4.96. The monoisotopic (exact) mass is 580 g/mol. The number of aliphatic hydroxyl groups is 1. The van der Waals surface area contributed by atoms with Gasteiger partial charge < -0.3 is 5.11 Å². The molecule has 2 heterocycles. The highest BCUT2D eigenvalue weighted by Gasteiger charge is 2.40. The van der Waals surface area contributed by atoms with Gasteiger partial charge in [0.1, 0.15) is 6.17 Å². The molecule has 0 spiro atoms. The van der Waals surface area contributed by atoms with Crippen LogP contribution in [0.2, 0.25) is 15.1 Å². The van der Waals surface area contributed by atoms with Crippen LogP contribution in [0.1, 0.15) is 6.92 Å². The molecule has 4 rings (SSSR count). The summed E-state index contributed by atoms with van der Waals surface area (Å²) in [7, 11) is 0. The lowest BCUT2D eigenvalue weighted by molar-refractivity contribution is -0.207. The first kappa shape index (κ1) is 27.4. The molecule has 0 aliphatic carbocycles. The Kier molecular flexibility index (Phi) is 7.86. The number of aromatic nitrogens is 3. The average molecular weight is 582 g/mol. The van der Waals surface area contributed by atoms with Gasteiger partial charge in [0, 0.05) is 10.6 Å². The molecule has 3 atom stereocenters. The van der Waals surface area contributed by atoms with Gasteiger partial charge in [0.2, 0.25) is 0 Å². The molecular formula is C22H19Cl3F4N6O2. The fraction of sp³-hybridized carbons (Fsp3) is 0.318. The van der Waals surface area contributed by atoms with Gasteiger partial charge in [0.05, 0.1) is 28.8 Å². The van der Waals surface area contributed by atoms with Crippen LogP contribution in [-0.4, -0.2) is 49.9 Å². The van der Waals surface area contributed by atoms with E-state index in [1.807, 2.05) is 0 Å². The smallest absolute Gasteiger partial charge is 0.382 e. The molecule has 0 bridgehead atoms. The second-order valence-corrected chi connectivity index (χ2v) is 9.37. The summed E-state index contributed by atoms with van der Waals surface area (Å²) in [5.41, 5.74) is 2.50. The van der Waals surface area contributed by atoms with Gasteiger partial charge in [-0.1, -0.05) is 40.9 Å². The van der Waals surface area contributed by atoms with Crippen molar-refractivity contribution in [1.29, 1.82) is 0 Å². The van der Waals surface area contributed by atoms with Crippen LogP contribution in [0.4, 0.5) is 23.2 Å². The summed E-state index contributed by atoms with van der Waals surface area (Å²) in [6, 6.07) is 10.6. The van der Waals surface area contributed by atoms with Gasteiger partial charge in [-0.15, -0.1) is 5.10 Å². The van der Waals surface area contributed by atoms with Crippen molar-refractivity contribution in [3.63, 3.8) is 0 Å². The number of alkyl halides is 4. The minimum absolute atomic E-state index is 0.0714. The number of halogens is 7. The highest BCUT2D eigenvalue weighted by atomic mass is 35.5. The van der Waals surface area contributed by atoms with E-state index in [9.17, 15) is 27.5 Å². The number of amidine groups is 1. The van der Waals surface area contributed by atoms with Gasteiger partial charge in [-0.05, 0) is 43.3 Å². The molecule has 0 saturated carbocycles. The molecule has 198 valence electrons. The van der Waals surface area contributed by atoms with Crippen molar-refractivity contribution in [2.75, 3.05) is 5.01 Å². The van der Waals surface area contributed by atoms with Crippen LogP contribution in [0.25, 0.3) is 11.4 Å². The third-order valence-electron chi connectivity index (χ3n) is 5.42. The lowest BCUT2D eigenvalue weighted by Crippen LogP contribution is -2.45. The van der Waals surface area contributed by atoms with Crippen LogP contribution in [0.3, 0.4) is 0 Å². The highest BCUT2D eigenvalue weighted by Crippen LogP contribution is 2.35. The molecular weight excluding hydrogens is 563 g/mol. The predicted molar refractivity (Wildman–Crippen MR) is 133 cm³/mol. The number of benzene rings is 2. The zero-order valence-electron chi connectivity index (χ0n) is 18.9. The summed E-state index contributed by atoms with van der Waals surface area (Å²) in [6.45, 7) is -0.127. The molecule has 2 aromatic carbocycles. The van der Waals surface area contributed by atoms with E-state index in [0.717, 1.165) is 4.68 Å². The van der Waals surface area contributed by atoms with E-state index < -0.39 is 36.9 Å². The number of hydrazine groups is 1. The normalized spacial score (nSPS) is 17.7. The maximum absolute atomic E-state index is 14.4. The molecule has 0 radical (unpaired) electrons. The molecule has 2 unspecified atom stereocenters. The van der Waals surface area contributed by atoms with E-state index in [0.29, 0.717) is 15.2 Å². The summed E-state index contributed by atoms with van der Waals surface area (Å²) in [6.07, 6.45) is -10.3. The van der Waals surface area contributed by atoms with Crippen LogP contribution in [-0.2, 0) is 13.1 Å². The summed E-state index contributed by atoms with van der Waals surface area (Å²) < 4.78 is 55.3. The first-order chi connectivity index (χ1) is 17.4. The Morgan fingerprint density at radius 1 is 1.11 bits per heavy atom. The number of nitrogens with zero attached hydrogens (tertiary/aromatic N) is 5. The van der Waals surface area contributed by atoms with Crippen LogP contribution < -0.4 is 16.1 Å². The summed E-state index contributed by atoms with van der Waals surface area (Å²) in [5.74, 6) is -0.199. The highest BCUT2D eigenvalue weighted by molar-refractivity contribution is 6.40. The zero-order chi connectivity index (χ0) is 27.1. The second kappa shape index (κ2) is 10.6. The average Bonchev–Trinajstić information content (AvgIpc) is 3.36. The van der Waals surface area contributed by atoms with Gasteiger partial charge in [0.15, 0.2) is 23.9 Å². The summed E-state index contributed by atoms with van der Waals surface area (Å²) >= 11 is 18.4. The maximum atomic E-state index is 14.4. The SMILES string of the molecule is CC(F)C1=NC(Cn2nc(-c3ccc(Cl)cc3)n(C[C@H](O)C(F)(F)F)c2=O)NN1c1c(Cl)cccc1Cl. The number of anilines is 1. The topological polar surface area (TPSA) is 87.7 Å². The second-order valence-electron chi connectivity index (χ2n) is 8.12. The quantitative estimate of drug-likeness (QED) is 0.395. The Balaban J connectivity index is 1.70. The molecule has 1 aliphatic heterocycles. The maximum Gasteiger partial charge on any atom is 0.416 e. The number of rotatable bonds is 7. The van der Waals surface area contributed by atoms with E-state index in [1.54, 1.807) is 18.2 Å². The lowest BCUT2D eigenvalue weighted by Gasteiger charge is -2.24. The number of hydrogen-bond acceptors (Lipinski definition) is 6. The molecule has 0 fully saturated rings. The molecule has 15 heteroatoms. The van der Waals surface area contributed by atoms with Crippen molar-refractivity contribution in [3.05, 3.63) is 68.0 Å². The number of nitrogens with one attached hydrogen (secondary N) is 1. The number of aliphatic imine (C=N–C) groups is 1. The Bertz CT molecular complexity index is 1350. The third-order valence-corrected chi connectivity index (χ3v) is 6.28. The van der Waals surface area contributed by atoms with E-state index in [2.05, 4.69) is 15.5 Å². The Labute approximate surface area is 222 Å². The molecule has 2 N–H and O–H groups in total. The van der Waals surface area contributed by atoms with Gasteiger partial charge >= 0.3 is 11.9 Å². The standard InChI is InChI=1S/C22H19Cl3F4N6O2/c1-11(26)19-30-17(31-35(19)18-14(24)3-2-4-15(18)25)10-34-21(37)33(9-16(36)22(27,28)29)20(32-34)12-5-7-13(23)8-6-12/h2-8,11,16-17,31,36H,9-10H2,1H3/t11?,16-,17?/m0/s1. The van der Waals surface area contributed by atoms with Crippen LogP contribution in [0.15, 0.2) is 52.3 Å². The molecule has 1 aromatic heterocycles. The molecule has 3 aromatic rings. The summed E-state index contributed by atoms with van der Waals surface area (Å²) in [5, 5.41) is 15.9. The Morgan fingerprint density at radius 3 is 2.30 bits per heavy atom. The fourth-order valence-corrected chi connectivity index (χ4v) is 4.38. The third kappa shape index (κ3) is 5.78.